The number of nitro benzene ring substituents is 1. The lowest BCUT2D eigenvalue weighted by atomic mass is 10.1. The standard InChI is InChI=1S/C11H12ClFN2O3/c1-2-7(12)6-14-11(16)9-4-3-8(15(17)18)5-10(9)13/h3-5,7H,2,6H2,1H3,(H,14,16). The lowest BCUT2D eigenvalue weighted by Crippen LogP contribution is -2.30. The van der Waals surface area contributed by atoms with Crippen molar-refractivity contribution in [2.75, 3.05) is 6.54 Å². The van der Waals surface area contributed by atoms with Crippen molar-refractivity contribution in [1.82, 2.24) is 5.32 Å². The van der Waals surface area contributed by atoms with E-state index in [1.165, 1.54) is 0 Å². The Morgan fingerprint density at radius 2 is 2.28 bits per heavy atom. The quantitative estimate of drug-likeness (QED) is 0.509. The number of non-ortho nitro benzene ring substituents is 1. The largest absolute Gasteiger partial charge is 0.350 e. The molecule has 5 nitrogen and oxygen atoms in total. The van der Waals surface area contributed by atoms with Crippen molar-refractivity contribution in [3.63, 3.8) is 0 Å². The van der Waals surface area contributed by atoms with Gasteiger partial charge in [-0.15, -0.1) is 11.6 Å². The van der Waals surface area contributed by atoms with E-state index < -0.39 is 22.3 Å². The first-order valence-electron chi connectivity index (χ1n) is 5.32. The minimum absolute atomic E-state index is 0.216. The number of amides is 1. The molecule has 0 bridgehead atoms. The summed E-state index contributed by atoms with van der Waals surface area (Å²) in [6, 6.07) is 2.88. The fourth-order valence-electron chi connectivity index (χ4n) is 1.24. The molecule has 0 aromatic heterocycles. The van der Waals surface area contributed by atoms with Gasteiger partial charge in [-0.2, -0.15) is 0 Å². The first kappa shape index (κ1) is 14.4. The number of hydrogen-bond acceptors (Lipinski definition) is 3. The highest BCUT2D eigenvalue weighted by atomic mass is 35.5. The predicted molar refractivity (Wildman–Crippen MR) is 65.3 cm³/mol. The van der Waals surface area contributed by atoms with Gasteiger partial charge in [0.2, 0.25) is 0 Å². The van der Waals surface area contributed by atoms with Gasteiger partial charge in [-0.3, -0.25) is 14.9 Å². The summed E-state index contributed by atoms with van der Waals surface area (Å²) in [6.45, 7) is 2.07. The molecule has 0 fully saturated rings. The third-order valence-corrected chi connectivity index (χ3v) is 2.80. The third kappa shape index (κ3) is 3.66. The van der Waals surface area contributed by atoms with E-state index in [-0.39, 0.29) is 17.5 Å². The van der Waals surface area contributed by atoms with Crippen LogP contribution in [0.2, 0.25) is 0 Å². The van der Waals surface area contributed by atoms with Crippen LogP contribution in [0.25, 0.3) is 0 Å². The normalized spacial score (nSPS) is 11.9. The van der Waals surface area contributed by atoms with Crippen molar-refractivity contribution in [2.45, 2.75) is 18.7 Å². The van der Waals surface area contributed by atoms with Gasteiger partial charge in [-0.1, -0.05) is 6.92 Å². The van der Waals surface area contributed by atoms with Gasteiger partial charge >= 0.3 is 0 Å². The topological polar surface area (TPSA) is 72.2 Å². The van der Waals surface area contributed by atoms with E-state index in [9.17, 15) is 19.3 Å². The highest BCUT2D eigenvalue weighted by Crippen LogP contribution is 2.16. The summed E-state index contributed by atoms with van der Waals surface area (Å²) >= 11 is 5.81. The number of nitrogens with one attached hydrogen (secondary N) is 1. The van der Waals surface area contributed by atoms with E-state index in [1.54, 1.807) is 0 Å². The molecule has 0 aliphatic carbocycles. The lowest BCUT2D eigenvalue weighted by molar-refractivity contribution is -0.385. The van der Waals surface area contributed by atoms with Crippen molar-refractivity contribution in [3.8, 4) is 0 Å². The van der Waals surface area contributed by atoms with Crippen LogP contribution in [0.15, 0.2) is 18.2 Å². The molecule has 0 radical (unpaired) electrons. The summed E-state index contributed by atoms with van der Waals surface area (Å²) in [4.78, 5) is 21.3. The van der Waals surface area contributed by atoms with Crippen LogP contribution < -0.4 is 5.32 Å². The van der Waals surface area contributed by atoms with Gasteiger partial charge in [-0.25, -0.2) is 4.39 Å². The minimum Gasteiger partial charge on any atom is -0.350 e. The molecular weight excluding hydrogens is 263 g/mol. The Balaban J connectivity index is 2.78. The van der Waals surface area contributed by atoms with Gasteiger partial charge in [0.25, 0.3) is 11.6 Å². The molecule has 1 unspecified atom stereocenters. The maximum atomic E-state index is 13.5. The zero-order valence-electron chi connectivity index (χ0n) is 9.65. The zero-order valence-corrected chi connectivity index (χ0v) is 10.4. The first-order valence-corrected chi connectivity index (χ1v) is 5.75. The van der Waals surface area contributed by atoms with Crippen molar-refractivity contribution in [3.05, 3.63) is 39.7 Å². The predicted octanol–water partition coefficient (Wildman–Crippen LogP) is 2.48. The Kier molecular flexibility index (Phi) is 5.03. The molecule has 0 aliphatic heterocycles. The van der Waals surface area contributed by atoms with Crippen LogP contribution in [0.4, 0.5) is 10.1 Å². The molecule has 1 amide bonds. The van der Waals surface area contributed by atoms with Crippen LogP contribution in [-0.4, -0.2) is 22.8 Å². The second kappa shape index (κ2) is 6.30. The second-order valence-corrected chi connectivity index (χ2v) is 4.25. The Morgan fingerprint density at radius 1 is 1.61 bits per heavy atom. The van der Waals surface area contributed by atoms with E-state index >= 15 is 0 Å². The number of alkyl halides is 1. The Bertz CT molecular complexity index is 468. The van der Waals surface area contributed by atoms with Gasteiger partial charge in [-0.05, 0) is 12.5 Å². The molecule has 1 atom stereocenters. The molecule has 0 heterocycles. The molecular formula is C11H12ClFN2O3. The summed E-state index contributed by atoms with van der Waals surface area (Å²) < 4.78 is 13.5. The molecule has 1 aromatic carbocycles. The molecule has 1 aromatic rings. The highest BCUT2D eigenvalue weighted by Gasteiger charge is 2.16. The fourth-order valence-corrected chi connectivity index (χ4v) is 1.32. The van der Waals surface area contributed by atoms with Crippen LogP contribution in [0.5, 0.6) is 0 Å². The monoisotopic (exact) mass is 274 g/mol. The molecule has 0 saturated carbocycles. The average molecular weight is 275 g/mol. The zero-order chi connectivity index (χ0) is 13.7. The summed E-state index contributed by atoms with van der Waals surface area (Å²) in [5, 5.41) is 12.6. The van der Waals surface area contributed by atoms with Gasteiger partial charge in [0.15, 0.2) is 0 Å². The van der Waals surface area contributed by atoms with Crippen LogP contribution in [-0.2, 0) is 0 Å². The Hall–Kier alpha value is -1.69. The Morgan fingerprint density at radius 3 is 2.78 bits per heavy atom. The number of halogens is 2. The molecule has 1 N–H and O–H groups in total. The van der Waals surface area contributed by atoms with Gasteiger partial charge in [0.05, 0.1) is 21.9 Å². The van der Waals surface area contributed by atoms with Gasteiger partial charge in [0, 0.05) is 12.6 Å². The van der Waals surface area contributed by atoms with Crippen molar-refractivity contribution in [2.24, 2.45) is 0 Å². The molecule has 0 spiro atoms. The number of rotatable bonds is 5. The minimum atomic E-state index is -0.927. The molecule has 98 valence electrons. The SMILES string of the molecule is CCC(Cl)CNC(=O)c1ccc([N+](=O)[O-])cc1F. The highest BCUT2D eigenvalue weighted by molar-refractivity contribution is 6.20. The van der Waals surface area contributed by atoms with Gasteiger partial charge in [0.1, 0.15) is 5.82 Å². The summed E-state index contributed by atoms with van der Waals surface area (Å²) in [6.07, 6.45) is 0.671. The first-order chi connectivity index (χ1) is 8.45. The summed E-state index contributed by atoms with van der Waals surface area (Å²) in [5.41, 5.74) is -0.631. The summed E-state index contributed by atoms with van der Waals surface area (Å²) in [7, 11) is 0. The maximum Gasteiger partial charge on any atom is 0.272 e. The van der Waals surface area contributed by atoms with Crippen molar-refractivity contribution in [1.29, 1.82) is 0 Å². The molecule has 1 rings (SSSR count). The van der Waals surface area contributed by atoms with Crippen LogP contribution in [0.3, 0.4) is 0 Å². The van der Waals surface area contributed by atoms with E-state index in [2.05, 4.69) is 5.32 Å². The maximum absolute atomic E-state index is 13.5. The molecule has 7 heteroatoms. The van der Waals surface area contributed by atoms with E-state index in [0.717, 1.165) is 12.1 Å². The average Bonchev–Trinajstić information content (AvgIpc) is 2.35. The smallest absolute Gasteiger partial charge is 0.272 e. The molecule has 18 heavy (non-hydrogen) atoms. The van der Waals surface area contributed by atoms with Crippen LogP contribution in [0, 0.1) is 15.9 Å². The van der Waals surface area contributed by atoms with Crippen molar-refractivity contribution < 1.29 is 14.1 Å². The fraction of sp³-hybridized carbons (Fsp3) is 0.364. The van der Waals surface area contributed by atoms with E-state index in [0.29, 0.717) is 12.5 Å². The number of carbonyl (C=O) groups is 1. The van der Waals surface area contributed by atoms with Crippen molar-refractivity contribution >= 4 is 23.2 Å². The number of benzene rings is 1. The number of nitrogens with zero attached hydrogens (tertiary/aromatic N) is 1. The summed E-state index contributed by atoms with van der Waals surface area (Å²) in [5.74, 6) is -1.56. The van der Waals surface area contributed by atoms with Gasteiger partial charge < -0.3 is 5.32 Å². The second-order valence-electron chi connectivity index (χ2n) is 3.64. The number of nitro groups is 1. The number of hydrogen-bond donors (Lipinski definition) is 1. The molecule has 0 aliphatic rings. The van der Waals surface area contributed by atoms with E-state index in [4.69, 9.17) is 11.6 Å². The van der Waals surface area contributed by atoms with Crippen LogP contribution in [0.1, 0.15) is 23.7 Å². The van der Waals surface area contributed by atoms with Crippen LogP contribution >= 0.6 is 11.6 Å². The Labute approximate surface area is 108 Å². The lowest BCUT2D eigenvalue weighted by Gasteiger charge is -2.08. The molecule has 0 saturated heterocycles. The third-order valence-electron chi connectivity index (χ3n) is 2.34. The number of carbonyl (C=O) groups excluding carboxylic acids is 1. The van der Waals surface area contributed by atoms with E-state index in [1.807, 2.05) is 6.92 Å².